The molecule has 2 aromatic carbocycles. The van der Waals surface area contributed by atoms with E-state index in [1.165, 1.54) is 0 Å². The molecule has 0 bridgehead atoms. The molecule has 0 aromatic heterocycles. The summed E-state index contributed by atoms with van der Waals surface area (Å²) in [5.74, 6) is 0.572. The van der Waals surface area contributed by atoms with Gasteiger partial charge in [-0.15, -0.1) is 0 Å². The van der Waals surface area contributed by atoms with Gasteiger partial charge in [-0.1, -0.05) is 42.5 Å². The molecular weight excluding hydrogens is 250 g/mol. The molecule has 0 saturated carbocycles. The first-order valence-corrected chi connectivity index (χ1v) is 6.86. The highest BCUT2D eigenvalue weighted by Gasteiger charge is 2.12. The van der Waals surface area contributed by atoms with Gasteiger partial charge in [0.25, 0.3) is 0 Å². The minimum atomic E-state index is -0.305. The van der Waals surface area contributed by atoms with E-state index in [2.05, 4.69) is 0 Å². The molecule has 0 aliphatic rings. The van der Waals surface area contributed by atoms with Gasteiger partial charge >= 0.3 is 6.09 Å². The Morgan fingerprint density at radius 3 is 2.25 bits per heavy atom. The van der Waals surface area contributed by atoms with Crippen LogP contribution in [0.4, 0.5) is 4.79 Å². The molecule has 1 amide bonds. The quantitative estimate of drug-likeness (QED) is 0.832. The number of nitrogens with zero attached hydrogens (tertiary/aromatic N) is 1. The largest absolute Gasteiger partial charge is 0.415 e. The highest BCUT2D eigenvalue weighted by atomic mass is 16.6. The number of amides is 1. The van der Waals surface area contributed by atoms with E-state index in [1.807, 2.05) is 62.4 Å². The van der Waals surface area contributed by atoms with Crippen LogP contribution in [0.25, 0.3) is 11.1 Å². The third-order valence-electron chi connectivity index (χ3n) is 3.17. The van der Waals surface area contributed by atoms with E-state index >= 15 is 0 Å². The van der Waals surface area contributed by atoms with Crippen molar-refractivity contribution in [2.24, 2.45) is 0 Å². The smallest absolute Gasteiger partial charge is 0.410 e. The van der Waals surface area contributed by atoms with Crippen LogP contribution in [0.2, 0.25) is 0 Å². The van der Waals surface area contributed by atoms with Gasteiger partial charge < -0.3 is 9.64 Å². The topological polar surface area (TPSA) is 29.5 Å². The summed E-state index contributed by atoms with van der Waals surface area (Å²) in [6, 6.07) is 17.6. The number of hydrogen-bond donors (Lipinski definition) is 0. The summed E-state index contributed by atoms with van der Waals surface area (Å²) in [5.41, 5.74) is 2.14. The molecule has 2 aromatic rings. The fraction of sp³-hybridized carbons (Fsp3) is 0.235. The number of carbonyl (C=O) groups excluding carboxylic acids is 1. The van der Waals surface area contributed by atoms with E-state index in [0.717, 1.165) is 11.1 Å². The Kier molecular flexibility index (Phi) is 4.77. The Morgan fingerprint density at radius 1 is 0.950 bits per heavy atom. The van der Waals surface area contributed by atoms with Gasteiger partial charge in [-0.2, -0.15) is 0 Å². The molecule has 0 fully saturated rings. The Balaban J connectivity index is 2.17. The van der Waals surface area contributed by atoms with Crippen LogP contribution in [0.5, 0.6) is 5.75 Å². The summed E-state index contributed by atoms with van der Waals surface area (Å²) in [4.78, 5) is 13.6. The van der Waals surface area contributed by atoms with Crippen LogP contribution in [-0.2, 0) is 0 Å². The molecule has 0 unspecified atom stereocenters. The number of rotatable bonds is 4. The van der Waals surface area contributed by atoms with Crippen molar-refractivity contribution in [1.82, 2.24) is 4.90 Å². The lowest BCUT2D eigenvalue weighted by Gasteiger charge is -2.18. The summed E-state index contributed by atoms with van der Waals surface area (Å²) in [5, 5.41) is 0. The second-order valence-electron chi connectivity index (χ2n) is 4.43. The Hall–Kier alpha value is -2.29. The van der Waals surface area contributed by atoms with Crippen molar-refractivity contribution in [3.63, 3.8) is 0 Å². The minimum absolute atomic E-state index is 0.305. The van der Waals surface area contributed by atoms with Gasteiger partial charge in [-0.3, -0.25) is 0 Å². The molecule has 20 heavy (non-hydrogen) atoms. The zero-order valence-electron chi connectivity index (χ0n) is 11.9. The fourth-order valence-corrected chi connectivity index (χ4v) is 2.02. The second kappa shape index (κ2) is 6.75. The van der Waals surface area contributed by atoms with Crippen LogP contribution in [0.3, 0.4) is 0 Å². The van der Waals surface area contributed by atoms with Crippen LogP contribution in [0.1, 0.15) is 13.8 Å². The van der Waals surface area contributed by atoms with Crippen molar-refractivity contribution < 1.29 is 9.53 Å². The van der Waals surface area contributed by atoms with E-state index in [4.69, 9.17) is 4.74 Å². The number of carbonyl (C=O) groups is 1. The number of hydrogen-bond acceptors (Lipinski definition) is 2. The predicted octanol–water partition coefficient (Wildman–Crippen LogP) is 4.19. The minimum Gasteiger partial charge on any atom is -0.410 e. The summed E-state index contributed by atoms with van der Waals surface area (Å²) < 4.78 is 5.41. The molecule has 0 atom stereocenters. The third-order valence-corrected chi connectivity index (χ3v) is 3.17. The second-order valence-corrected chi connectivity index (χ2v) is 4.43. The summed E-state index contributed by atoms with van der Waals surface area (Å²) in [6.45, 7) is 5.16. The SMILES string of the molecule is CCN(CC)C(=O)Oc1cccc(-c2ccccc2)c1. The zero-order chi connectivity index (χ0) is 14.4. The van der Waals surface area contributed by atoms with Gasteiger partial charge in [0, 0.05) is 13.1 Å². The fourth-order valence-electron chi connectivity index (χ4n) is 2.02. The molecule has 0 aliphatic carbocycles. The molecule has 0 radical (unpaired) electrons. The number of benzene rings is 2. The van der Waals surface area contributed by atoms with Gasteiger partial charge in [0.15, 0.2) is 0 Å². The first-order valence-electron chi connectivity index (χ1n) is 6.86. The maximum atomic E-state index is 11.9. The lowest BCUT2D eigenvalue weighted by molar-refractivity contribution is 0.157. The molecule has 0 aliphatic heterocycles. The first kappa shape index (κ1) is 14.1. The average molecular weight is 269 g/mol. The van der Waals surface area contributed by atoms with Crippen molar-refractivity contribution in [2.45, 2.75) is 13.8 Å². The third kappa shape index (κ3) is 3.38. The highest BCUT2D eigenvalue weighted by molar-refractivity contribution is 5.72. The van der Waals surface area contributed by atoms with Crippen molar-refractivity contribution in [2.75, 3.05) is 13.1 Å². The molecule has 0 N–H and O–H groups in total. The lowest BCUT2D eigenvalue weighted by Crippen LogP contribution is -2.33. The predicted molar refractivity (Wildman–Crippen MR) is 80.8 cm³/mol. The van der Waals surface area contributed by atoms with E-state index in [1.54, 1.807) is 11.0 Å². The van der Waals surface area contributed by atoms with Crippen LogP contribution < -0.4 is 4.74 Å². The van der Waals surface area contributed by atoms with E-state index in [9.17, 15) is 4.79 Å². The van der Waals surface area contributed by atoms with Gasteiger partial charge in [0.2, 0.25) is 0 Å². The maximum absolute atomic E-state index is 11.9. The molecule has 3 nitrogen and oxygen atoms in total. The van der Waals surface area contributed by atoms with Crippen LogP contribution >= 0.6 is 0 Å². The standard InChI is InChI=1S/C17H19NO2/c1-3-18(4-2)17(19)20-16-12-8-11-15(13-16)14-9-6-5-7-10-14/h5-13H,3-4H2,1-2H3. The summed E-state index contributed by atoms with van der Waals surface area (Å²) in [6.07, 6.45) is -0.305. The van der Waals surface area contributed by atoms with Crippen molar-refractivity contribution in [3.8, 4) is 16.9 Å². The Labute approximate surface area is 119 Å². The molecule has 0 spiro atoms. The van der Waals surface area contributed by atoms with E-state index in [-0.39, 0.29) is 6.09 Å². The summed E-state index contributed by atoms with van der Waals surface area (Å²) >= 11 is 0. The van der Waals surface area contributed by atoms with Crippen molar-refractivity contribution in [3.05, 3.63) is 54.6 Å². The monoisotopic (exact) mass is 269 g/mol. The molecule has 2 rings (SSSR count). The van der Waals surface area contributed by atoms with Gasteiger partial charge in [-0.05, 0) is 37.1 Å². The van der Waals surface area contributed by atoms with Crippen molar-refractivity contribution in [1.29, 1.82) is 0 Å². The maximum Gasteiger partial charge on any atom is 0.415 e. The molecule has 3 heteroatoms. The van der Waals surface area contributed by atoms with Crippen LogP contribution in [-0.4, -0.2) is 24.1 Å². The molecule has 0 heterocycles. The number of ether oxygens (including phenoxy) is 1. The highest BCUT2D eigenvalue weighted by Crippen LogP contribution is 2.23. The van der Waals surface area contributed by atoms with Gasteiger partial charge in [0.05, 0.1) is 0 Å². The lowest BCUT2D eigenvalue weighted by atomic mass is 10.1. The first-order chi connectivity index (χ1) is 9.74. The van der Waals surface area contributed by atoms with E-state index < -0.39 is 0 Å². The normalized spacial score (nSPS) is 10.1. The van der Waals surface area contributed by atoms with Crippen LogP contribution in [0, 0.1) is 0 Å². The Bertz CT molecular complexity index is 562. The van der Waals surface area contributed by atoms with Crippen molar-refractivity contribution >= 4 is 6.09 Å². The molecule has 0 saturated heterocycles. The van der Waals surface area contributed by atoms with Gasteiger partial charge in [0.1, 0.15) is 5.75 Å². The average Bonchev–Trinajstić information content (AvgIpc) is 2.49. The zero-order valence-corrected chi connectivity index (χ0v) is 11.9. The molecular formula is C17H19NO2. The van der Waals surface area contributed by atoms with E-state index in [0.29, 0.717) is 18.8 Å². The molecule has 104 valence electrons. The summed E-state index contributed by atoms with van der Waals surface area (Å²) in [7, 11) is 0. The van der Waals surface area contributed by atoms with Crippen LogP contribution in [0.15, 0.2) is 54.6 Å². The van der Waals surface area contributed by atoms with Gasteiger partial charge in [-0.25, -0.2) is 4.79 Å². The Morgan fingerprint density at radius 2 is 1.60 bits per heavy atom.